The zero-order valence-corrected chi connectivity index (χ0v) is 19.8. The lowest BCUT2D eigenvalue weighted by atomic mass is 10.1. The van der Waals surface area contributed by atoms with Crippen molar-refractivity contribution >= 4 is 41.1 Å². The van der Waals surface area contributed by atoms with E-state index in [1.54, 1.807) is 54.6 Å². The topological polar surface area (TPSA) is 168 Å². The lowest BCUT2D eigenvalue weighted by molar-refractivity contribution is -0.384. The van der Waals surface area contributed by atoms with Crippen LogP contribution in [-0.2, 0) is 20.9 Å². The summed E-state index contributed by atoms with van der Waals surface area (Å²) >= 11 is 0. The van der Waals surface area contributed by atoms with E-state index < -0.39 is 28.6 Å². The molecule has 0 spiro atoms. The molecule has 3 rings (SSSR count). The lowest BCUT2D eigenvalue weighted by Crippen LogP contribution is -2.34. The minimum Gasteiger partial charge on any atom is -0.478 e. The average molecular weight is 514 g/mol. The van der Waals surface area contributed by atoms with Crippen LogP contribution in [0.1, 0.15) is 21.5 Å². The molecule has 0 aliphatic heterocycles. The van der Waals surface area contributed by atoms with Gasteiger partial charge in [0.15, 0.2) is 0 Å². The summed E-state index contributed by atoms with van der Waals surface area (Å²) in [5, 5.41) is 27.4. The molecular formula is C27H22N4O7. The van der Waals surface area contributed by atoms with E-state index in [0.29, 0.717) is 28.5 Å². The number of anilines is 1. The molecule has 4 N–H and O–H groups in total. The van der Waals surface area contributed by atoms with Gasteiger partial charge in [-0.2, -0.15) is 0 Å². The monoisotopic (exact) mass is 514 g/mol. The number of benzene rings is 3. The Morgan fingerprint density at radius 3 is 2.18 bits per heavy atom. The molecule has 192 valence electrons. The number of nitrogens with zero attached hydrogens (tertiary/aromatic N) is 1. The van der Waals surface area contributed by atoms with E-state index in [2.05, 4.69) is 16.0 Å². The van der Waals surface area contributed by atoms with Gasteiger partial charge in [-0.25, -0.2) is 4.79 Å². The van der Waals surface area contributed by atoms with Gasteiger partial charge in [-0.05, 0) is 47.5 Å². The van der Waals surface area contributed by atoms with Crippen LogP contribution in [0.25, 0.3) is 6.08 Å². The van der Waals surface area contributed by atoms with Crippen LogP contribution in [-0.4, -0.2) is 33.7 Å². The number of amides is 3. The van der Waals surface area contributed by atoms with Gasteiger partial charge in [0.1, 0.15) is 5.70 Å². The number of rotatable bonds is 10. The van der Waals surface area contributed by atoms with Gasteiger partial charge in [-0.1, -0.05) is 36.4 Å². The highest BCUT2D eigenvalue weighted by molar-refractivity contribution is 6.05. The number of aliphatic carboxylic acids is 1. The summed E-state index contributed by atoms with van der Waals surface area (Å²) < 4.78 is 0. The Labute approximate surface area is 216 Å². The molecule has 0 aliphatic rings. The van der Waals surface area contributed by atoms with Crippen molar-refractivity contribution in [2.24, 2.45) is 0 Å². The fourth-order valence-corrected chi connectivity index (χ4v) is 3.19. The number of carboxylic acids is 1. The summed E-state index contributed by atoms with van der Waals surface area (Å²) in [4.78, 5) is 58.9. The minimum absolute atomic E-state index is 0.0449. The average Bonchev–Trinajstić information content (AvgIpc) is 2.91. The minimum atomic E-state index is -1.27. The first-order valence-corrected chi connectivity index (χ1v) is 11.1. The van der Waals surface area contributed by atoms with Crippen LogP contribution in [0.15, 0.2) is 96.7 Å². The Bertz CT molecular complexity index is 1410. The predicted molar refractivity (Wildman–Crippen MR) is 139 cm³/mol. The Hall–Kier alpha value is -5.58. The third kappa shape index (κ3) is 7.99. The van der Waals surface area contributed by atoms with Gasteiger partial charge in [0.05, 0.1) is 4.92 Å². The van der Waals surface area contributed by atoms with Crippen LogP contribution in [0.4, 0.5) is 11.4 Å². The molecule has 11 heteroatoms. The molecule has 0 saturated heterocycles. The predicted octanol–water partition coefficient (Wildman–Crippen LogP) is 3.26. The van der Waals surface area contributed by atoms with E-state index in [9.17, 15) is 29.3 Å². The molecule has 3 aromatic carbocycles. The zero-order chi connectivity index (χ0) is 27.5. The Morgan fingerprint density at radius 1 is 0.868 bits per heavy atom. The number of hydrogen-bond donors (Lipinski definition) is 4. The summed E-state index contributed by atoms with van der Waals surface area (Å²) in [5.74, 6) is -3.13. The van der Waals surface area contributed by atoms with Crippen LogP contribution in [0.3, 0.4) is 0 Å². The Kier molecular flexibility index (Phi) is 9.19. The van der Waals surface area contributed by atoms with Gasteiger partial charge >= 0.3 is 5.97 Å². The Morgan fingerprint density at radius 2 is 1.53 bits per heavy atom. The second-order valence-corrected chi connectivity index (χ2v) is 7.73. The van der Waals surface area contributed by atoms with Crippen LogP contribution >= 0.6 is 0 Å². The highest BCUT2D eigenvalue weighted by Crippen LogP contribution is 2.17. The number of nitrogens with one attached hydrogen (secondary N) is 3. The van der Waals surface area contributed by atoms with E-state index in [4.69, 9.17) is 5.11 Å². The fraction of sp³-hybridized carbons (Fsp3) is 0.0370. The molecule has 0 saturated carbocycles. The molecule has 3 amide bonds. The number of carbonyl (C=O) groups excluding carboxylic acids is 3. The first kappa shape index (κ1) is 27.0. The summed E-state index contributed by atoms with van der Waals surface area (Å²) in [6.45, 7) is -0.0449. The molecule has 11 nitrogen and oxygen atoms in total. The molecule has 3 aromatic rings. The van der Waals surface area contributed by atoms with E-state index in [0.717, 1.165) is 6.08 Å². The molecule has 0 fully saturated rings. The molecule has 38 heavy (non-hydrogen) atoms. The number of non-ortho nitro benzene ring substituents is 1. The lowest BCUT2D eigenvalue weighted by Gasteiger charge is -2.13. The van der Waals surface area contributed by atoms with E-state index >= 15 is 0 Å². The first-order valence-electron chi connectivity index (χ1n) is 11.1. The highest BCUT2D eigenvalue weighted by atomic mass is 16.6. The number of carboxylic acid groups (broad SMARTS) is 1. The van der Waals surface area contributed by atoms with Crippen LogP contribution in [0.5, 0.6) is 0 Å². The normalized spacial score (nSPS) is 11.0. The highest BCUT2D eigenvalue weighted by Gasteiger charge is 2.16. The largest absolute Gasteiger partial charge is 0.478 e. The Balaban J connectivity index is 1.81. The second-order valence-electron chi connectivity index (χ2n) is 7.73. The number of hydrogen-bond acceptors (Lipinski definition) is 6. The summed E-state index contributed by atoms with van der Waals surface area (Å²) in [7, 11) is 0. The van der Waals surface area contributed by atoms with Gasteiger partial charge in [0, 0.05) is 42.1 Å². The zero-order valence-electron chi connectivity index (χ0n) is 19.8. The molecule has 0 aliphatic carbocycles. The van der Waals surface area contributed by atoms with E-state index in [1.165, 1.54) is 30.3 Å². The van der Waals surface area contributed by atoms with Gasteiger partial charge in [-0.15, -0.1) is 0 Å². The molecule has 0 unspecified atom stereocenters. The molecule has 0 bridgehead atoms. The number of nitro benzene ring substituents is 1. The van der Waals surface area contributed by atoms with E-state index in [1.807, 2.05) is 0 Å². The standard InChI is InChI=1S/C27H22N4O7/c32-24(14-15-25(33)34)29-22-9-5-4-8-20(22)17-28-27(36)23(30-26(35)19-6-2-1-3-7-19)16-18-10-12-21(13-11-18)31(37)38/h1-16H,17H2,(H,28,36)(H,29,32)(H,30,35)(H,33,34)/b15-14+,23-16+. The van der Waals surface area contributed by atoms with Crippen molar-refractivity contribution in [3.8, 4) is 0 Å². The number of nitro groups is 1. The van der Waals surface area contributed by atoms with Crippen molar-refractivity contribution in [2.75, 3.05) is 5.32 Å². The van der Waals surface area contributed by atoms with Crippen molar-refractivity contribution in [1.29, 1.82) is 0 Å². The maximum absolute atomic E-state index is 13.1. The van der Waals surface area contributed by atoms with Crippen LogP contribution in [0, 0.1) is 10.1 Å². The smallest absolute Gasteiger partial charge is 0.328 e. The van der Waals surface area contributed by atoms with Crippen molar-refractivity contribution in [2.45, 2.75) is 6.54 Å². The number of carbonyl (C=O) groups is 4. The SMILES string of the molecule is O=C(O)/C=C/C(=O)Nc1ccccc1CNC(=O)/C(=C\c1ccc([N+](=O)[O-])cc1)NC(=O)c1ccccc1. The maximum atomic E-state index is 13.1. The third-order valence-electron chi connectivity index (χ3n) is 5.04. The van der Waals surface area contributed by atoms with Crippen LogP contribution < -0.4 is 16.0 Å². The molecule has 0 radical (unpaired) electrons. The quantitative estimate of drug-likeness (QED) is 0.183. The van der Waals surface area contributed by atoms with Crippen molar-refractivity contribution in [3.05, 3.63) is 124 Å². The fourth-order valence-electron chi connectivity index (χ4n) is 3.19. The third-order valence-corrected chi connectivity index (χ3v) is 5.04. The van der Waals surface area contributed by atoms with Crippen molar-refractivity contribution < 1.29 is 29.2 Å². The van der Waals surface area contributed by atoms with Gasteiger partial charge < -0.3 is 21.1 Å². The van der Waals surface area contributed by atoms with Crippen molar-refractivity contribution in [3.63, 3.8) is 0 Å². The van der Waals surface area contributed by atoms with Crippen molar-refractivity contribution in [1.82, 2.24) is 10.6 Å². The molecule has 0 aromatic heterocycles. The summed E-state index contributed by atoms with van der Waals surface area (Å²) in [6, 6.07) is 20.3. The van der Waals surface area contributed by atoms with Gasteiger partial charge in [0.2, 0.25) is 5.91 Å². The maximum Gasteiger partial charge on any atom is 0.328 e. The second kappa shape index (κ2) is 12.9. The first-order chi connectivity index (χ1) is 18.2. The molecule has 0 heterocycles. The van der Waals surface area contributed by atoms with E-state index in [-0.39, 0.29) is 17.9 Å². The number of para-hydroxylation sites is 1. The molecular weight excluding hydrogens is 492 g/mol. The summed E-state index contributed by atoms with van der Waals surface area (Å²) in [5.41, 5.74) is 1.38. The van der Waals surface area contributed by atoms with Gasteiger partial charge in [-0.3, -0.25) is 24.5 Å². The summed E-state index contributed by atoms with van der Waals surface area (Å²) in [6.07, 6.45) is 2.94. The molecule has 0 atom stereocenters. The van der Waals surface area contributed by atoms with Gasteiger partial charge in [0.25, 0.3) is 17.5 Å². The van der Waals surface area contributed by atoms with Crippen LogP contribution in [0.2, 0.25) is 0 Å².